The number of benzene rings is 2. The zero-order valence-corrected chi connectivity index (χ0v) is 29.4. The summed E-state index contributed by atoms with van der Waals surface area (Å²) in [6.45, 7) is 4.56. The van der Waals surface area contributed by atoms with Crippen molar-refractivity contribution in [2.75, 3.05) is 0 Å². The van der Waals surface area contributed by atoms with Gasteiger partial charge in [0, 0.05) is 11.1 Å². The Morgan fingerprint density at radius 2 is 0.630 bits per heavy atom. The van der Waals surface area contributed by atoms with E-state index < -0.39 is 0 Å². The molecule has 46 heavy (non-hydrogen) atoms. The fraction of sp³-hybridized carbons (Fsp3) is 0.619. The predicted octanol–water partition coefficient (Wildman–Crippen LogP) is 12.9. The summed E-state index contributed by atoms with van der Waals surface area (Å²) in [6, 6.07) is 14.9. The van der Waals surface area contributed by atoms with Gasteiger partial charge in [0.1, 0.15) is 11.5 Å². The first-order valence-electron chi connectivity index (χ1n) is 19.1. The number of aromatic hydroxyl groups is 2. The SMILES string of the molecule is CCCCCCCCCCCCCc1nc(-c2ccc(O)cc2)c(CCCCCCCCCCCCC)nc1-c1ccc(O)cc1. The van der Waals surface area contributed by atoms with Crippen LogP contribution in [-0.4, -0.2) is 20.2 Å². The lowest BCUT2D eigenvalue weighted by molar-refractivity contribution is 0.475. The molecule has 0 radical (unpaired) electrons. The molecule has 3 rings (SSSR count). The highest BCUT2D eigenvalue weighted by molar-refractivity contribution is 5.68. The van der Waals surface area contributed by atoms with Crippen LogP contribution in [0.1, 0.15) is 166 Å². The first-order chi connectivity index (χ1) is 22.6. The summed E-state index contributed by atoms with van der Waals surface area (Å²) in [4.78, 5) is 10.6. The molecule has 0 saturated heterocycles. The summed E-state index contributed by atoms with van der Waals surface area (Å²) in [5.41, 5.74) is 6.00. The number of hydrogen-bond acceptors (Lipinski definition) is 4. The summed E-state index contributed by atoms with van der Waals surface area (Å²) in [6.07, 6.45) is 30.8. The van der Waals surface area contributed by atoms with Gasteiger partial charge in [-0.15, -0.1) is 0 Å². The Hall–Kier alpha value is -2.88. The Balaban J connectivity index is 1.63. The Bertz CT molecular complexity index is 1090. The molecule has 0 aliphatic heterocycles. The number of hydrogen-bond donors (Lipinski definition) is 2. The summed E-state index contributed by atoms with van der Waals surface area (Å²) >= 11 is 0. The van der Waals surface area contributed by atoms with E-state index in [1.165, 1.54) is 128 Å². The lowest BCUT2D eigenvalue weighted by Gasteiger charge is -2.16. The van der Waals surface area contributed by atoms with Crippen LogP contribution in [0.2, 0.25) is 0 Å². The fourth-order valence-electron chi connectivity index (χ4n) is 6.47. The molecule has 1 aromatic heterocycles. The number of phenolic OH excluding ortho intramolecular Hbond substituents is 2. The van der Waals surface area contributed by atoms with Gasteiger partial charge in [-0.1, -0.05) is 142 Å². The van der Waals surface area contributed by atoms with Crippen LogP contribution in [0.5, 0.6) is 11.5 Å². The summed E-state index contributed by atoms with van der Waals surface area (Å²) in [5, 5.41) is 19.9. The fourth-order valence-corrected chi connectivity index (χ4v) is 6.47. The van der Waals surface area contributed by atoms with Crippen LogP contribution in [0.25, 0.3) is 22.5 Å². The van der Waals surface area contributed by atoms with Crippen molar-refractivity contribution in [3.8, 4) is 34.0 Å². The highest BCUT2D eigenvalue weighted by Gasteiger charge is 2.17. The number of rotatable bonds is 26. The molecule has 0 bridgehead atoms. The second-order valence-corrected chi connectivity index (χ2v) is 13.5. The van der Waals surface area contributed by atoms with Crippen LogP contribution in [0, 0.1) is 0 Å². The van der Waals surface area contributed by atoms with Gasteiger partial charge in [0.05, 0.1) is 22.8 Å². The van der Waals surface area contributed by atoms with E-state index in [1.807, 2.05) is 24.3 Å². The molecular weight excluding hydrogens is 564 g/mol. The molecule has 3 aromatic rings. The van der Waals surface area contributed by atoms with E-state index in [0.717, 1.165) is 59.6 Å². The summed E-state index contributed by atoms with van der Waals surface area (Å²) < 4.78 is 0. The second-order valence-electron chi connectivity index (χ2n) is 13.5. The first-order valence-corrected chi connectivity index (χ1v) is 19.1. The topological polar surface area (TPSA) is 66.2 Å². The third kappa shape index (κ3) is 14.7. The van der Waals surface area contributed by atoms with Crippen LogP contribution >= 0.6 is 0 Å². The van der Waals surface area contributed by atoms with Crippen molar-refractivity contribution in [2.45, 2.75) is 168 Å². The third-order valence-electron chi connectivity index (χ3n) is 9.36. The van der Waals surface area contributed by atoms with E-state index in [9.17, 15) is 10.2 Å². The molecule has 0 spiro atoms. The second kappa shape index (κ2) is 23.4. The largest absolute Gasteiger partial charge is 0.508 e. The van der Waals surface area contributed by atoms with Gasteiger partial charge in [-0.05, 0) is 74.2 Å². The Kier molecular flexibility index (Phi) is 19.1. The van der Waals surface area contributed by atoms with E-state index in [-0.39, 0.29) is 11.5 Å². The maximum Gasteiger partial charge on any atom is 0.115 e. The van der Waals surface area contributed by atoms with Crippen LogP contribution in [0.15, 0.2) is 48.5 Å². The van der Waals surface area contributed by atoms with Crippen molar-refractivity contribution in [3.05, 3.63) is 59.9 Å². The number of nitrogens with zero attached hydrogens (tertiary/aromatic N) is 2. The lowest BCUT2D eigenvalue weighted by atomic mass is 9.99. The van der Waals surface area contributed by atoms with Gasteiger partial charge in [-0.2, -0.15) is 0 Å². The van der Waals surface area contributed by atoms with Gasteiger partial charge in [0.25, 0.3) is 0 Å². The van der Waals surface area contributed by atoms with Gasteiger partial charge in [-0.25, -0.2) is 9.97 Å². The van der Waals surface area contributed by atoms with Crippen molar-refractivity contribution in [3.63, 3.8) is 0 Å². The predicted molar refractivity (Wildman–Crippen MR) is 197 cm³/mol. The number of aryl methyl sites for hydroxylation is 2. The molecule has 0 unspecified atom stereocenters. The summed E-state index contributed by atoms with van der Waals surface area (Å²) in [5.74, 6) is 0.538. The van der Waals surface area contributed by atoms with Crippen molar-refractivity contribution in [1.82, 2.24) is 9.97 Å². The Labute approximate surface area is 281 Å². The highest BCUT2D eigenvalue weighted by atomic mass is 16.3. The van der Waals surface area contributed by atoms with Gasteiger partial charge in [0.15, 0.2) is 0 Å². The van der Waals surface area contributed by atoms with Crippen LogP contribution < -0.4 is 0 Å². The van der Waals surface area contributed by atoms with Crippen molar-refractivity contribution >= 4 is 0 Å². The van der Waals surface area contributed by atoms with Crippen LogP contribution in [0.3, 0.4) is 0 Å². The highest BCUT2D eigenvalue weighted by Crippen LogP contribution is 2.31. The monoisotopic (exact) mass is 628 g/mol. The average Bonchev–Trinajstić information content (AvgIpc) is 3.07. The normalized spacial score (nSPS) is 11.3. The Morgan fingerprint density at radius 1 is 0.370 bits per heavy atom. The van der Waals surface area contributed by atoms with E-state index in [4.69, 9.17) is 9.97 Å². The number of unbranched alkanes of at least 4 members (excludes halogenated alkanes) is 20. The minimum absolute atomic E-state index is 0.269. The molecule has 4 heteroatoms. The maximum atomic E-state index is 9.97. The van der Waals surface area contributed by atoms with E-state index in [2.05, 4.69) is 13.8 Å². The van der Waals surface area contributed by atoms with Gasteiger partial charge < -0.3 is 10.2 Å². The average molecular weight is 629 g/mol. The molecule has 4 nitrogen and oxygen atoms in total. The molecule has 0 atom stereocenters. The van der Waals surface area contributed by atoms with Crippen molar-refractivity contribution in [2.24, 2.45) is 0 Å². The molecule has 254 valence electrons. The third-order valence-corrected chi connectivity index (χ3v) is 9.36. The van der Waals surface area contributed by atoms with E-state index in [1.54, 1.807) is 24.3 Å². The molecule has 0 fully saturated rings. The number of aromatic nitrogens is 2. The van der Waals surface area contributed by atoms with Crippen molar-refractivity contribution in [1.29, 1.82) is 0 Å². The molecule has 0 saturated carbocycles. The first kappa shape index (κ1) is 37.6. The smallest absolute Gasteiger partial charge is 0.115 e. The molecular formula is C42H64N2O2. The zero-order chi connectivity index (χ0) is 32.7. The Morgan fingerprint density at radius 3 is 0.913 bits per heavy atom. The molecule has 0 aliphatic carbocycles. The minimum Gasteiger partial charge on any atom is -0.508 e. The molecule has 1 heterocycles. The molecule has 0 aliphatic rings. The minimum atomic E-state index is 0.269. The van der Waals surface area contributed by atoms with Crippen molar-refractivity contribution < 1.29 is 10.2 Å². The van der Waals surface area contributed by atoms with Gasteiger partial charge in [0.2, 0.25) is 0 Å². The lowest BCUT2D eigenvalue weighted by Crippen LogP contribution is -2.06. The van der Waals surface area contributed by atoms with Crippen LogP contribution in [0.4, 0.5) is 0 Å². The maximum absolute atomic E-state index is 9.97. The van der Waals surface area contributed by atoms with E-state index in [0.29, 0.717) is 0 Å². The van der Waals surface area contributed by atoms with Gasteiger partial charge in [-0.3, -0.25) is 0 Å². The zero-order valence-electron chi connectivity index (χ0n) is 29.4. The van der Waals surface area contributed by atoms with E-state index >= 15 is 0 Å². The number of phenols is 2. The molecule has 2 N–H and O–H groups in total. The quantitative estimate of drug-likeness (QED) is 0.0868. The molecule has 2 aromatic carbocycles. The standard InChI is InChI=1S/C42H64N2O2/c1-3-5-7-9-11-13-15-17-19-21-23-25-39-41(35-27-31-37(45)32-28-35)44-40(42(43-39)36-29-33-38(46)34-30-36)26-24-22-20-18-16-14-12-10-8-6-4-2/h27-34,45-46H,3-26H2,1-2H3. The van der Waals surface area contributed by atoms with Crippen LogP contribution in [-0.2, 0) is 12.8 Å². The summed E-state index contributed by atoms with van der Waals surface area (Å²) in [7, 11) is 0. The molecule has 0 amide bonds. The van der Waals surface area contributed by atoms with Gasteiger partial charge >= 0.3 is 0 Å².